The number of ether oxygens (including phenoxy) is 2. The van der Waals surface area contributed by atoms with Gasteiger partial charge >= 0.3 is 11.9 Å². The number of methoxy groups -OCH3 is 1. The third kappa shape index (κ3) is 6.19. The number of nitrogens with zero attached hydrogens (tertiary/aromatic N) is 2. The summed E-state index contributed by atoms with van der Waals surface area (Å²) >= 11 is 7.64. The van der Waals surface area contributed by atoms with E-state index in [2.05, 4.69) is 4.99 Å². The number of carbonyl (C=O) groups excluding carboxylic acids is 2. The van der Waals surface area contributed by atoms with Gasteiger partial charge in [0.15, 0.2) is 5.17 Å². The normalized spacial score (nSPS) is 15.3. The minimum absolute atomic E-state index is 0.198. The Hall–Kier alpha value is -4.08. The highest BCUT2D eigenvalue weighted by molar-refractivity contribution is 8.18. The quantitative estimate of drug-likeness (QED) is 0.308. The van der Waals surface area contributed by atoms with Gasteiger partial charge in [-0.3, -0.25) is 9.69 Å². The van der Waals surface area contributed by atoms with Gasteiger partial charge in [0.2, 0.25) is 0 Å². The van der Waals surface area contributed by atoms with Crippen molar-refractivity contribution in [1.29, 1.82) is 0 Å². The summed E-state index contributed by atoms with van der Waals surface area (Å²) in [6.07, 6.45) is 1.73. The molecule has 3 aromatic rings. The lowest BCUT2D eigenvalue weighted by Crippen LogP contribution is -2.23. The van der Waals surface area contributed by atoms with Gasteiger partial charge in [0.25, 0.3) is 5.91 Å². The molecule has 1 heterocycles. The first kappa shape index (κ1) is 26.0. The predicted octanol–water partition coefficient (Wildman–Crippen LogP) is 5.64. The molecule has 1 amide bonds. The molecule has 8 nitrogen and oxygen atoms in total. The molecule has 37 heavy (non-hydrogen) atoms. The Morgan fingerprint density at radius 1 is 1.05 bits per heavy atom. The molecule has 1 saturated heterocycles. The van der Waals surface area contributed by atoms with E-state index in [1.807, 2.05) is 0 Å². The zero-order valence-corrected chi connectivity index (χ0v) is 21.4. The summed E-state index contributed by atoms with van der Waals surface area (Å²) in [4.78, 5) is 41.8. The van der Waals surface area contributed by atoms with Crippen molar-refractivity contribution >= 4 is 58.1 Å². The van der Waals surface area contributed by atoms with Crippen molar-refractivity contribution in [2.75, 3.05) is 14.2 Å². The topological polar surface area (TPSA) is 106 Å². The lowest BCUT2D eigenvalue weighted by atomic mass is 10.1. The monoisotopic (exact) mass is 536 g/mol. The summed E-state index contributed by atoms with van der Waals surface area (Å²) in [5, 5.41) is 9.87. The maximum absolute atomic E-state index is 12.8. The summed E-state index contributed by atoms with van der Waals surface area (Å²) in [6, 6.07) is 18.2. The second kappa shape index (κ2) is 11.3. The fourth-order valence-corrected chi connectivity index (χ4v) is 4.56. The second-order valence-corrected chi connectivity index (χ2v) is 9.30. The smallest absolute Gasteiger partial charge is 0.337 e. The number of carboxylic acids is 1. The minimum Gasteiger partial charge on any atom is -0.487 e. The summed E-state index contributed by atoms with van der Waals surface area (Å²) < 4.78 is 10.5. The van der Waals surface area contributed by atoms with Gasteiger partial charge in [0.05, 0.1) is 33.9 Å². The van der Waals surface area contributed by atoms with Gasteiger partial charge in [0.1, 0.15) is 12.4 Å². The van der Waals surface area contributed by atoms with Crippen LogP contribution in [0.15, 0.2) is 76.6 Å². The van der Waals surface area contributed by atoms with Gasteiger partial charge in [0, 0.05) is 7.05 Å². The first-order valence-electron chi connectivity index (χ1n) is 10.9. The third-order valence-corrected chi connectivity index (χ3v) is 6.72. The Labute approximate surface area is 222 Å². The number of rotatable bonds is 7. The van der Waals surface area contributed by atoms with Crippen molar-refractivity contribution in [3.63, 3.8) is 0 Å². The average Bonchev–Trinajstić information content (AvgIpc) is 3.16. The molecular weight excluding hydrogens is 516 g/mol. The maximum atomic E-state index is 12.8. The van der Waals surface area contributed by atoms with E-state index in [1.54, 1.807) is 67.7 Å². The number of aromatic carboxylic acids is 1. The number of hydrogen-bond acceptors (Lipinski definition) is 7. The van der Waals surface area contributed by atoms with E-state index in [1.165, 1.54) is 35.9 Å². The maximum Gasteiger partial charge on any atom is 0.337 e. The number of amides is 1. The number of thioether (sulfide) groups is 1. The van der Waals surface area contributed by atoms with Gasteiger partial charge in [-0.15, -0.1) is 0 Å². The number of amidine groups is 1. The van der Waals surface area contributed by atoms with Crippen LogP contribution in [-0.4, -0.2) is 47.2 Å². The third-order valence-electron chi connectivity index (χ3n) is 5.37. The molecule has 0 atom stereocenters. The van der Waals surface area contributed by atoms with Gasteiger partial charge < -0.3 is 14.6 Å². The Morgan fingerprint density at radius 3 is 2.35 bits per heavy atom. The standard InChI is InChI=1S/C27H21ClN2O6S/c1-30-24(31)23(37-27(30)29-20-10-8-19(9-11-20)26(34)35-2)14-17-5-12-22(21(28)13-17)36-15-16-3-6-18(7-4-16)25(32)33/h3-14H,15H2,1-2H3,(H,32,33)/b23-14-,29-27?. The van der Waals surface area contributed by atoms with Crippen LogP contribution >= 0.6 is 23.4 Å². The molecule has 3 aromatic carbocycles. The van der Waals surface area contributed by atoms with Gasteiger partial charge in [-0.05, 0) is 77.5 Å². The first-order valence-corrected chi connectivity index (χ1v) is 12.1. The number of carboxylic acid groups (broad SMARTS) is 1. The Balaban J connectivity index is 1.44. The van der Waals surface area contributed by atoms with E-state index in [0.717, 1.165) is 11.1 Å². The fraction of sp³-hybridized carbons (Fsp3) is 0.111. The Morgan fingerprint density at radius 2 is 1.73 bits per heavy atom. The van der Waals surface area contributed by atoms with Crippen molar-refractivity contribution < 1.29 is 29.0 Å². The van der Waals surface area contributed by atoms with Crippen LogP contribution in [0, 0.1) is 0 Å². The molecule has 0 aliphatic carbocycles. The van der Waals surface area contributed by atoms with Crippen molar-refractivity contribution in [1.82, 2.24) is 4.90 Å². The van der Waals surface area contributed by atoms with Gasteiger partial charge in [-0.2, -0.15) is 0 Å². The molecule has 4 rings (SSSR count). The van der Waals surface area contributed by atoms with E-state index in [9.17, 15) is 14.4 Å². The number of carbonyl (C=O) groups is 3. The van der Waals surface area contributed by atoms with E-state index in [-0.39, 0.29) is 18.1 Å². The molecule has 1 fully saturated rings. The van der Waals surface area contributed by atoms with Gasteiger partial charge in [-0.1, -0.05) is 29.8 Å². The Kier molecular flexibility index (Phi) is 7.95. The van der Waals surface area contributed by atoms with Crippen LogP contribution in [-0.2, 0) is 16.1 Å². The number of aliphatic imine (C=N–C) groups is 1. The molecule has 1 N–H and O–H groups in total. The molecule has 0 saturated carbocycles. The van der Waals surface area contributed by atoms with Crippen molar-refractivity contribution in [2.45, 2.75) is 6.61 Å². The van der Waals surface area contributed by atoms with E-state index >= 15 is 0 Å². The largest absolute Gasteiger partial charge is 0.487 e. The van der Waals surface area contributed by atoms with Crippen molar-refractivity contribution in [3.05, 3.63) is 98.9 Å². The van der Waals surface area contributed by atoms with Crippen molar-refractivity contribution in [3.8, 4) is 5.75 Å². The molecule has 1 aliphatic heterocycles. The SMILES string of the molecule is COC(=O)c1ccc(N=C2S/C(=C\c3ccc(OCc4ccc(C(=O)O)cc4)c(Cl)c3)C(=O)N2C)cc1. The van der Waals surface area contributed by atoms with Crippen LogP contribution in [0.1, 0.15) is 31.8 Å². The van der Waals surface area contributed by atoms with Crippen LogP contribution in [0.5, 0.6) is 5.75 Å². The predicted molar refractivity (Wildman–Crippen MR) is 142 cm³/mol. The molecule has 0 unspecified atom stereocenters. The highest BCUT2D eigenvalue weighted by Gasteiger charge is 2.30. The fourth-order valence-electron chi connectivity index (χ4n) is 3.33. The number of hydrogen-bond donors (Lipinski definition) is 1. The number of likely N-dealkylation sites (N-methyl/N-ethyl adjacent to an activating group) is 1. The van der Waals surface area contributed by atoms with Crippen LogP contribution in [0.25, 0.3) is 6.08 Å². The molecule has 188 valence electrons. The zero-order valence-electron chi connectivity index (χ0n) is 19.8. The van der Waals surface area contributed by atoms with E-state index in [4.69, 9.17) is 26.2 Å². The first-order chi connectivity index (χ1) is 17.7. The summed E-state index contributed by atoms with van der Waals surface area (Å²) in [7, 11) is 2.96. The van der Waals surface area contributed by atoms with Crippen LogP contribution in [0.4, 0.5) is 5.69 Å². The number of halogens is 1. The van der Waals surface area contributed by atoms with Crippen LogP contribution in [0.2, 0.25) is 5.02 Å². The second-order valence-electron chi connectivity index (χ2n) is 7.89. The zero-order chi connectivity index (χ0) is 26.5. The van der Waals surface area contributed by atoms with Crippen molar-refractivity contribution in [2.24, 2.45) is 4.99 Å². The molecule has 1 aliphatic rings. The highest BCUT2D eigenvalue weighted by Crippen LogP contribution is 2.34. The lowest BCUT2D eigenvalue weighted by molar-refractivity contribution is -0.121. The minimum atomic E-state index is -0.988. The summed E-state index contributed by atoms with van der Waals surface area (Å²) in [6.45, 7) is 0.222. The lowest BCUT2D eigenvalue weighted by Gasteiger charge is -2.09. The molecule has 0 aromatic heterocycles. The average molecular weight is 537 g/mol. The van der Waals surface area contributed by atoms with E-state index in [0.29, 0.717) is 32.1 Å². The van der Waals surface area contributed by atoms with Crippen LogP contribution < -0.4 is 4.74 Å². The Bertz CT molecular complexity index is 1420. The number of esters is 1. The highest BCUT2D eigenvalue weighted by atomic mass is 35.5. The van der Waals surface area contributed by atoms with E-state index < -0.39 is 11.9 Å². The van der Waals surface area contributed by atoms with Gasteiger partial charge in [-0.25, -0.2) is 14.6 Å². The molecule has 0 bridgehead atoms. The molecule has 0 radical (unpaired) electrons. The number of benzene rings is 3. The molecule has 0 spiro atoms. The molecule has 10 heteroatoms. The van der Waals surface area contributed by atoms with Crippen LogP contribution in [0.3, 0.4) is 0 Å². The summed E-state index contributed by atoms with van der Waals surface area (Å²) in [5.41, 5.74) is 2.73. The summed E-state index contributed by atoms with van der Waals surface area (Å²) in [5.74, 6) is -1.16. The molecular formula is C27H21ClN2O6S.